The molecule has 1 atom stereocenters. The first-order valence-electron chi connectivity index (χ1n) is 10.1. The third-order valence-electron chi connectivity index (χ3n) is 5.34. The number of amides is 1. The Morgan fingerprint density at radius 2 is 2.19 bits per heavy atom. The summed E-state index contributed by atoms with van der Waals surface area (Å²) in [5.41, 5.74) is 2.41. The molecule has 0 spiro atoms. The van der Waals surface area contributed by atoms with E-state index in [1.165, 1.54) is 11.1 Å². The quantitative estimate of drug-likeness (QED) is 0.589. The van der Waals surface area contributed by atoms with Gasteiger partial charge in [-0.1, -0.05) is 24.3 Å². The van der Waals surface area contributed by atoms with E-state index in [2.05, 4.69) is 39.5 Å². The van der Waals surface area contributed by atoms with E-state index in [1.54, 1.807) is 0 Å². The molecule has 6 nitrogen and oxygen atoms in total. The first kappa shape index (κ1) is 19.7. The fourth-order valence-electron chi connectivity index (χ4n) is 3.89. The van der Waals surface area contributed by atoms with E-state index in [0.29, 0.717) is 18.9 Å². The van der Waals surface area contributed by atoms with Crippen LogP contribution >= 0.6 is 0 Å². The number of hydrogen-bond donors (Lipinski definition) is 1. The Balaban J connectivity index is 1.51. The molecule has 6 heteroatoms. The second kappa shape index (κ2) is 9.74. The van der Waals surface area contributed by atoms with Gasteiger partial charge in [-0.05, 0) is 30.9 Å². The second-order valence-corrected chi connectivity index (χ2v) is 7.40. The minimum atomic E-state index is 0.273. The summed E-state index contributed by atoms with van der Waals surface area (Å²) in [5.74, 6) is 1.81. The zero-order chi connectivity index (χ0) is 19.1. The van der Waals surface area contributed by atoms with E-state index in [9.17, 15) is 4.79 Å². The van der Waals surface area contributed by atoms with Crippen LogP contribution in [0.2, 0.25) is 0 Å². The number of ether oxygens (including phenoxy) is 1. The highest BCUT2D eigenvalue weighted by Crippen LogP contribution is 2.17. The van der Waals surface area contributed by atoms with Crippen LogP contribution in [0.3, 0.4) is 0 Å². The van der Waals surface area contributed by atoms with Crippen molar-refractivity contribution in [2.75, 3.05) is 39.9 Å². The zero-order valence-corrected chi connectivity index (χ0v) is 16.6. The summed E-state index contributed by atoms with van der Waals surface area (Å²) in [7, 11) is 1.84. The fourth-order valence-corrected chi connectivity index (χ4v) is 3.89. The Hall–Kier alpha value is -2.08. The molecule has 1 N–H and O–H groups in total. The molecule has 0 radical (unpaired) electrons. The molecule has 2 saturated heterocycles. The average molecular weight is 373 g/mol. The van der Waals surface area contributed by atoms with Crippen molar-refractivity contribution in [2.24, 2.45) is 10.9 Å². The van der Waals surface area contributed by atoms with Crippen LogP contribution in [0.5, 0.6) is 0 Å². The van der Waals surface area contributed by atoms with Crippen LogP contribution in [0, 0.1) is 5.92 Å². The normalized spacial score (nSPS) is 20.6. The third kappa shape index (κ3) is 5.45. The average Bonchev–Trinajstić information content (AvgIpc) is 3.30. The maximum atomic E-state index is 11.8. The van der Waals surface area contributed by atoms with Crippen molar-refractivity contribution in [2.45, 2.75) is 39.3 Å². The number of carbonyl (C=O) groups excluding carboxylic acids is 1. The SMILES string of the molecule is CCOCC1CCN(C(=NC)NCc2cccc(CN3CCCC3=O)c2)C1. The number of rotatable bonds is 7. The van der Waals surface area contributed by atoms with Crippen molar-refractivity contribution < 1.29 is 9.53 Å². The molecule has 27 heavy (non-hydrogen) atoms. The molecule has 0 aromatic heterocycles. The number of nitrogens with zero attached hydrogens (tertiary/aromatic N) is 3. The minimum Gasteiger partial charge on any atom is -0.381 e. The van der Waals surface area contributed by atoms with Crippen LogP contribution in [-0.4, -0.2) is 61.6 Å². The van der Waals surface area contributed by atoms with E-state index in [1.807, 2.05) is 18.9 Å². The Labute approximate surface area is 162 Å². The van der Waals surface area contributed by atoms with Crippen LogP contribution in [0.25, 0.3) is 0 Å². The van der Waals surface area contributed by atoms with Gasteiger partial charge in [-0.15, -0.1) is 0 Å². The van der Waals surface area contributed by atoms with E-state index in [-0.39, 0.29) is 5.91 Å². The van der Waals surface area contributed by atoms with Gasteiger partial charge < -0.3 is 19.9 Å². The Kier molecular flexibility index (Phi) is 7.10. The number of hydrogen-bond acceptors (Lipinski definition) is 3. The van der Waals surface area contributed by atoms with Gasteiger partial charge >= 0.3 is 0 Å². The first-order chi connectivity index (χ1) is 13.2. The van der Waals surface area contributed by atoms with Crippen LogP contribution in [-0.2, 0) is 22.6 Å². The van der Waals surface area contributed by atoms with Crippen molar-refractivity contribution in [3.63, 3.8) is 0 Å². The Morgan fingerprint density at radius 3 is 2.93 bits per heavy atom. The van der Waals surface area contributed by atoms with Gasteiger partial charge in [0.1, 0.15) is 0 Å². The number of carbonyl (C=O) groups is 1. The lowest BCUT2D eigenvalue weighted by molar-refractivity contribution is -0.128. The summed E-state index contributed by atoms with van der Waals surface area (Å²) in [6.07, 6.45) is 2.83. The predicted molar refractivity (Wildman–Crippen MR) is 107 cm³/mol. The molecular weight excluding hydrogens is 340 g/mol. The van der Waals surface area contributed by atoms with E-state index >= 15 is 0 Å². The van der Waals surface area contributed by atoms with Gasteiger partial charge in [0.2, 0.25) is 5.91 Å². The van der Waals surface area contributed by atoms with Crippen LogP contribution in [0.15, 0.2) is 29.3 Å². The van der Waals surface area contributed by atoms with Crippen molar-refractivity contribution >= 4 is 11.9 Å². The second-order valence-electron chi connectivity index (χ2n) is 7.40. The maximum absolute atomic E-state index is 11.8. The maximum Gasteiger partial charge on any atom is 0.222 e. The molecule has 1 aromatic carbocycles. The van der Waals surface area contributed by atoms with Gasteiger partial charge in [0.25, 0.3) is 0 Å². The molecule has 148 valence electrons. The lowest BCUT2D eigenvalue weighted by atomic mass is 10.1. The Morgan fingerprint density at radius 1 is 1.33 bits per heavy atom. The predicted octanol–water partition coefficient (Wildman–Crippen LogP) is 2.24. The lowest BCUT2D eigenvalue weighted by Crippen LogP contribution is -2.39. The number of benzene rings is 1. The minimum absolute atomic E-state index is 0.273. The van der Waals surface area contributed by atoms with Crippen LogP contribution in [0.4, 0.5) is 0 Å². The number of aliphatic imine (C=N–C) groups is 1. The molecular formula is C21H32N4O2. The molecule has 3 rings (SSSR count). The summed E-state index contributed by atoms with van der Waals surface area (Å²) in [6, 6.07) is 8.48. The van der Waals surface area contributed by atoms with E-state index in [4.69, 9.17) is 4.74 Å². The summed E-state index contributed by atoms with van der Waals surface area (Å²) >= 11 is 0. The highest BCUT2D eigenvalue weighted by atomic mass is 16.5. The van der Waals surface area contributed by atoms with Crippen molar-refractivity contribution in [1.29, 1.82) is 0 Å². The van der Waals surface area contributed by atoms with Gasteiger partial charge in [-0.2, -0.15) is 0 Å². The molecule has 1 aromatic rings. The van der Waals surface area contributed by atoms with Crippen molar-refractivity contribution in [3.8, 4) is 0 Å². The van der Waals surface area contributed by atoms with Crippen LogP contribution < -0.4 is 5.32 Å². The van der Waals surface area contributed by atoms with Gasteiger partial charge in [0, 0.05) is 58.7 Å². The molecule has 0 saturated carbocycles. The fraction of sp³-hybridized carbons (Fsp3) is 0.619. The van der Waals surface area contributed by atoms with Gasteiger partial charge in [-0.3, -0.25) is 9.79 Å². The molecule has 0 bridgehead atoms. The van der Waals surface area contributed by atoms with Crippen LogP contribution in [0.1, 0.15) is 37.3 Å². The Bertz CT molecular complexity index is 661. The summed E-state index contributed by atoms with van der Waals surface area (Å²) in [4.78, 5) is 20.6. The topological polar surface area (TPSA) is 57.2 Å². The standard InChI is InChI=1S/C21H32N4O2/c1-3-27-16-19-9-11-25(15-19)21(22-2)23-13-17-6-4-7-18(12-17)14-24-10-5-8-20(24)26/h4,6-7,12,19H,3,5,8-11,13-16H2,1-2H3,(H,22,23). The van der Waals surface area contributed by atoms with E-state index < -0.39 is 0 Å². The molecule has 2 aliphatic heterocycles. The zero-order valence-electron chi connectivity index (χ0n) is 16.6. The monoisotopic (exact) mass is 372 g/mol. The molecule has 1 amide bonds. The highest BCUT2D eigenvalue weighted by Gasteiger charge is 2.25. The lowest BCUT2D eigenvalue weighted by Gasteiger charge is -2.22. The smallest absolute Gasteiger partial charge is 0.222 e. The third-order valence-corrected chi connectivity index (χ3v) is 5.34. The summed E-state index contributed by atoms with van der Waals surface area (Å²) in [5, 5.41) is 3.49. The van der Waals surface area contributed by atoms with E-state index in [0.717, 1.165) is 58.2 Å². The number of likely N-dealkylation sites (tertiary alicyclic amines) is 2. The molecule has 2 aliphatic rings. The number of guanidine groups is 1. The molecule has 2 fully saturated rings. The molecule has 1 unspecified atom stereocenters. The van der Waals surface area contributed by atoms with Crippen molar-refractivity contribution in [1.82, 2.24) is 15.1 Å². The highest BCUT2D eigenvalue weighted by molar-refractivity contribution is 5.80. The molecule has 2 heterocycles. The van der Waals surface area contributed by atoms with Gasteiger partial charge in [0.05, 0.1) is 6.61 Å². The summed E-state index contributed by atoms with van der Waals surface area (Å²) in [6.45, 7) is 8.01. The first-order valence-corrected chi connectivity index (χ1v) is 10.1. The number of nitrogens with one attached hydrogen (secondary N) is 1. The summed E-state index contributed by atoms with van der Waals surface area (Å²) < 4.78 is 5.57. The molecule has 0 aliphatic carbocycles. The van der Waals surface area contributed by atoms with Gasteiger partial charge in [0.15, 0.2) is 5.96 Å². The largest absolute Gasteiger partial charge is 0.381 e. The van der Waals surface area contributed by atoms with Crippen molar-refractivity contribution in [3.05, 3.63) is 35.4 Å². The van der Waals surface area contributed by atoms with Gasteiger partial charge in [-0.25, -0.2) is 0 Å².